The van der Waals surface area contributed by atoms with E-state index in [2.05, 4.69) is 15.0 Å². The molecule has 0 saturated carbocycles. The highest BCUT2D eigenvalue weighted by Gasteiger charge is 2.28. The van der Waals surface area contributed by atoms with Crippen LogP contribution in [0.2, 0.25) is 0 Å². The first-order chi connectivity index (χ1) is 12.6. The molecule has 1 fully saturated rings. The van der Waals surface area contributed by atoms with Crippen LogP contribution in [0.1, 0.15) is 28.0 Å². The van der Waals surface area contributed by atoms with Crippen LogP contribution in [0.4, 0.5) is 0 Å². The molecule has 0 aliphatic carbocycles. The number of carbonyl (C=O) groups excluding carboxylic acids is 1. The number of morpholine rings is 1. The molecule has 0 unspecified atom stereocenters. The maximum atomic E-state index is 12.9. The fraction of sp³-hybridized carbons (Fsp3) is 0.263. The molecule has 2 aromatic heterocycles. The number of hydrogen-bond acceptors (Lipinski definition) is 5. The molecule has 0 bridgehead atoms. The fourth-order valence-electron chi connectivity index (χ4n) is 3.12. The lowest BCUT2D eigenvalue weighted by molar-refractivity contribution is -0.0269. The number of ether oxygens (including phenoxy) is 1. The predicted octanol–water partition coefficient (Wildman–Crippen LogP) is 1.84. The Morgan fingerprint density at radius 1 is 1.31 bits per heavy atom. The third-order valence-electron chi connectivity index (χ3n) is 4.38. The largest absolute Gasteiger partial charge is 0.367 e. The number of amides is 1. The van der Waals surface area contributed by atoms with Crippen molar-refractivity contribution in [2.45, 2.75) is 13.0 Å². The van der Waals surface area contributed by atoms with Gasteiger partial charge < -0.3 is 14.6 Å². The number of para-hydroxylation sites is 1. The summed E-state index contributed by atoms with van der Waals surface area (Å²) >= 11 is 0. The van der Waals surface area contributed by atoms with Gasteiger partial charge in [-0.25, -0.2) is 4.98 Å². The summed E-state index contributed by atoms with van der Waals surface area (Å²) in [5.74, 6) is 0.343. The molecule has 3 heterocycles. The molecule has 1 amide bonds. The van der Waals surface area contributed by atoms with E-state index in [9.17, 15) is 9.59 Å². The van der Waals surface area contributed by atoms with Gasteiger partial charge >= 0.3 is 0 Å². The van der Waals surface area contributed by atoms with Crippen LogP contribution in [0.15, 0.2) is 47.4 Å². The average molecular weight is 350 g/mol. The van der Waals surface area contributed by atoms with Crippen LogP contribution in [0, 0.1) is 6.92 Å². The number of aromatic nitrogens is 3. The van der Waals surface area contributed by atoms with E-state index in [1.54, 1.807) is 18.0 Å². The number of H-pyrrole nitrogens is 1. The van der Waals surface area contributed by atoms with E-state index in [1.165, 1.54) is 6.07 Å². The Labute approximate surface area is 149 Å². The molecule has 1 N–H and O–H groups in total. The summed E-state index contributed by atoms with van der Waals surface area (Å²) in [6, 6.07) is 11.0. The molecule has 26 heavy (non-hydrogen) atoms. The number of aromatic amines is 1. The monoisotopic (exact) mass is 350 g/mol. The van der Waals surface area contributed by atoms with E-state index in [4.69, 9.17) is 4.74 Å². The summed E-state index contributed by atoms with van der Waals surface area (Å²) in [5, 5.41) is 0.924. The maximum Gasteiger partial charge on any atom is 0.255 e. The number of hydrogen-bond donors (Lipinski definition) is 1. The highest BCUT2D eigenvalue weighted by atomic mass is 16.5. The Morgan fingerprint density at radius 2 is 2.15 bits per heavy atom. The van der Waals surface area contributed by atoms with Crippen LogP contribution in [-0.4, -0.2) is 45.5 Å². The molecular formula is C19H18N4O3. The summed E-state index contributed by atoms with van der Waals surface area (Å²) in [7, 11) is 0. The second kappa shape index (κ2) is 6.68. The van der Waals surface area contributed by atoms with Crippen LogP contribution in [0.3, 0.4) is 0 Å². The molecule has 1 saturated heterocycles. The Hall–Kier alpha value is -3.06. The summed E-state index contributed by atoms with van der Waals surface area (Å²) in [5.41, 5.74) is 1.79. The van der Waals surface area contributed by atoms with Crippen molar-refractivity contribution in [2.75, 3.05) is 19.7 Å². The van der Waals surface area contributed by atoms with E-state index >= 15 is 0 Å². The second-order valence-corrected chi connectivity index (χ2v) is 6.30. The van der Waals surface area contributed by atoms with E-state index in [-0.39, 0.29) is 11.5 Å². The van der Waals surface area contributed by atoms with Gasteiger partial charge in [-0.15, -0.1) is 0 Å². The van der Waals surface area contributed by atoms with Crippen LogP contribution in [0.25, 0.3) is 10.9 Å². The number of pyridine rings is 1. The molecule has 132 valence electrons. The molecule has 1 atom stereocenters. The highest BCUT2D eigenvalue weighted by Crippen LogP contribution is 2.21. The third-order valence-corrected chi connectivity index (χ3v) is 4.38. The molecule has 4 rings (SSSR count). The summed E-state index contributed by atoms with van der Waals surface area (Å²) < 4.78 is 5.72. The van der Waals surface area contributed by atoms with Gasteiger partial charge in [-0.1, -0.05) is 18.2 Å². The van der Waals surface area contributed by atoms with Crippen molar-refractivity contribution in [2.24, 2.45) is 0 Å². The zero-order valence-electron chi connectivity index (χ0n) is 14.3. The summed E-state index contributed by atoms with van der Waals surface area (Å²) in [6.07, 6.45) is 1.15. The predicted molar refractivity (Wildman–Crippen MR) is 95.9 cm³/mol. The van der Waals surface area contributed by atoms with Crippen molar-refractivity contribution in [1.82, 2.24) is 19.9 Å². The third kappa shape index (κ3) is 3.21. The normalized spacial score (nSPS) is 17.4. The molecule has 0 spiro atoms. The second-order valence-electron chi connectivity index (χ2n) is 6.30. The molecule has 3 aromatic rings. The molecule has 7 heteroatoms. The highest BCUT2D eigenvalue weighted by molar-refractivity contribution is 5.97. The van der Waals surface area contributed by atoms with E-state index < -0.39 is 6.10 Å². The van der Waals surface area contributed by atoms with Gasteiger partial charge in [-0.3, -0.25) is 14.6 Å². The van der Waals surface area contributed by atoms with Gasteiger partial charge in [-0.2, -0.15) is 0 Å². The number of carbonyl (C=O) groups is 1. The smallest absolute Gasteiger partial charge is 0.255 e. The van der Waals surface area contributed by atoms with E-state index in [0.717, 1.165) is 10.9 Å². The van der Waals surface area contributed by atoms with Gasteiger partial charge in [0.25, 0.3) is 11.5 Å². The minimum atomic E-state index is -0.450. The van der Waals surface area contributed by atoms with Crippen molar-refractivity contribution >= 4 is 16.8 Å². The molecule has 1 aliphatic heterocycles. The van der Waals surface area contributed by atoms with Crippen molar-refractivity contribution in [3.05, 3.63) is 70.0 Å². The lowest BCUT2D eigenvalue weighted by Crippen LogP contribution is -2.43. The molecule has 1 aliphatic rings. The number of fused-ring (bicyclic) bond motifs is 1. The first-order valence-corrected chi connectivity index (χ1v) is 8.44. The molecule has 1 aromatic carbocycles. The number of aryl methyl sites for hydroxylation is 1. The zero-order chi connectivity index (χ0) is 18.1. The quantitative estimate of drug-likeness (QED) is 0.762. The molecule has 0 radical (unpaired) electrons. The van der Waals surface area contributed by atoms with Crippen molar-refractivity contribution < 1.29 is 9.53 Å². The van der Waals surface area contributed by atoms with E-state index in [0.29, 0.717) is 36.8 Å². The van der Waals surface area contributed by atoms with Gasteiger partial charge in [0.05, 0.1) is 24.2 Å². The lowest BCUT2D eigenvalue weighted by atomic mass is 10.1. The van der Waals surface area contributed by atoms with Crippen molar-refractivity contribution in [3.8, 4) is 0 Å². The van der Waals surface area contributed by atoms with E-state index in [1.807, 2.05) is 30.3 Å². The topological polar surface area (TPSA) is 88.2 Å². The van der Waals surface area contributed by atoms with Crippen molar-refractivity contribution in [3.63, 3.8) is 0 Å². The standard InChI is InChI=1S/C19H18N4O3/c1-12-8-17(24)22-18(21-12)16-11-23(6-7-26-16)19(25)14-9-13-4-2-3-5-15(13)20-10-14/h2-5,8-10,16H,6-7,11H2,1H3,(H,21,22,24)/t16-/m0/s1. The SMILES string of the molecule is Cc1cc(=O)[nH]c([C@@H]2CN(C(=O)c3cnc4ccccc4c3)CCO2)n1. The van der Waals surface area contributed by atoms with Crippen molar-refractivity contribution in [1.29, 1.82) is 0 Å². The van der Waals surface area contributed by atoms with Gasteiger partial charge in [0.15, 0.2) is 0 Å². The van der Waals surface area contributed by atoms with Crippen LogP contribution < -0.4 is 5.56 Å². The molecule has 7 nitrogen and oxygen atoms in total. The number of nitrogens with one attached hydrogen (secondary N) is 1. The van der Waals surface area contributed by atoms with Gasteiger partial charge in [-0.05, 0) is 19.1 Å². The Bertz CT molecular complexity index is 1030. The summed E-state index contributed by atoms with van der Waals surface area (Å²) in [4.78, 5) is 37.7. The Morgan fingerprint density at radius 3 is 3.00 bits per heavy atom. The zero-order valence-corrected chi connectivity index (χ0v) is 14.3. The van der Waals surface area contributed by atoms with Crippen LogP contribution in [-0.2, 0) is 4.74 Å². The number of benzene rings is 1. The average Bonchev–Trinajstić information content (AvgIpc) is 2.66. The van der Waals surface area contributed by atoms with Gasteiger partial charge in [0, 0.05) is 29.9 Å². The maximum absolute atomic E-state index is 12.9. The minimum Gasteiger partial charge on any atom is -0.367 e. The minimum absolute atomic E-state index is 0.105. The van der Waals surface area contributed by atoms with Gasteiger partial charge in [0.2, 0.25) is 0 Å². The fourth-order valence-corrected chi connectivity index (χ4v) is 3.12. The van der Waals surface area contributed by atoms with Gasteiger partial charge in [0.1, 0.15) is 11.9 Å². The first-order valence-electron chi connectivity index (χ1n) is 8.44. The van der Waals surface area contributed by atoms with Crippen LogP contribution in [0.5, 0.6) is 0 Å². The first kappa shape index (κ1) is 16.4. The molecular weight excluding hydrogens is 332 g/mol. The summed E-state index contributed by atoms with van der Waals surface area (Å²) in [6.45, 7) is 2.95. The Balaban J connectivity index is 1.58. The lowest BCUT2D eigenvalue weighted by Gasteiger charge is -2.32. The Kier molecular flexibility index (Phi) is 4.22. The number of rotatable bonds is 2. The number of nitrogens with zero attached hydrogens (tertiary/aromatic N) is 3. The van der Waals surface area contributed by atoms with Crippen LogP contribution >= 0.6 is 0 Å².